The zero-order valence-electron chi connectivity index (χ0n) is 15.7. The average molecular weight is 395 g/mol. The molecule has 0 fully saturated rings. The first-order valence-electron chi connectivity index (χ1n) is 8.85. The highest BCUT2D eigenvalue weighted by Gasteiger charge is 2.15. The molecule has 0 unspecified atom stereocenters. The summed E-state index contributed by atoms with van der Waals surface area (Å²) in [5.74, 6) is 0.422. The number of anilines is 1. The number of aromatic nitrogens is 3. The van der Waals surface area contributed by atoms with Gasteiger partial charge in [0.25, 0.3) is 0 Å². The van der Waals surface area contributed by atoms with Crippen LogP contribution in [-0.2, 0) is 11.3 Å². The largest absolute Gasteiger partial charge is 0.325 e. The highest BCUT2D eigenvalue weighted by atomic mass is 32.2. The van der Waals surface area contributed by atoms with Gasteiger partial charge in [0.15, 0.2) is 11.0 Å². The van der Waals surface area contributed by atoms with E-state index in [2.05, 4.69) is 20.8 Å². The van der Waals surface area contributed by atoms with Gasteiger partial charge in [0.2, 0.25) is 5.91 Å². The number of thioether (sulfide) groups is 1. The molecule has 1 heterocycles. The molecule has 3 aromatic rings. The molecule has 28 heavy (non-hydrogen) atoms. The zero-order chi connectivity index (χ0) is 19.9. The molecule has 3 rings (SSSR count). The Balaban J connectivity index is 1.60. The molecule has 3 amide bonds. The monoisotopic (exact) mass is 395 g/mol. The second-order valence-corrected chi connectivity index (χ2v) is 7.02. The summed E-state index contributed by atoms with van der Waals surface area (Å²) < 4.78 is 1.96. The van der Waals surface area contributed by atoms with Gasteiger partial charge in [-0.25, -0.2) is 4.79 Å². The van der Waals surface area contributed by atoms with Gasteiger partial charge in [0.1, 0.15) is 0 Å². The highest BCUT2D eigenvalue weighted by Crippen LogP contribution is 2.24. The van der Waals surface area contributed by atoms with E-state index in [1.807, 2.05) is 48.7 Å². The van der Waals surface area contributed by atoms with Crippen LogP contribution in [0.2, 0.25) is 0 Å². The summed E-state index contributed by atoms with van der Waals surface area (Å²) >= 11 is 1.25. The molecule has 0 saturated carbocycles. The van der Waals surface area contributed by atoms with Crippen molar-refractivity contribution in [3.05, 3.63) is 60.2 Å². The number of urea groups is 1. The summed E-state index contributed by atoms with van der Waals surface area (Å²) in [6.45, 7) is 4.70. The lowest BCUT2D eigenvalue weighted by Crippen LogP contribution is -2.35. The Labute approximate surface area is 167 Å². The molecule has 0 aliphatic rings. The van der Waals surface area contributed by atoms with Crippen molar-refractivity contribution in [3.8, 4) is 11.4 Å². The van der Waals surface area contributed by atoms with Gasteiger partial charge in [-0.3, -0.25) is 10.1 Å². The lowest BCUT2D eigenvalue weighted by molar-refractivity contribution is -0.117. The quantitative estimate of drug-likeness (QED) is 0.621. The third-order valence-electron chi connectivity index (χ3n) is 3.93. The third kappa shape index (κ3) is 4.98. The Morgan fingerprint density at radius 3 is 2.57 bits per heavy atom. The van der Waals surface area contributed by atoms with Crippen molar-refractivity contribution in [2.75, 3.05) is 11.1 Å². The fraction of sp³-hybridized carbons (Fsp3) is 0.200. The number of aryl methyl sites for hydroxylation is 1. The Hall–Kier alpha value is -3.13. The van der Waals surface area contributed by atoms with Crippen molar-refractivity contribution in [2.45, 2.75) is 25.5 Å². The van der Waals surface area contributed by atoms with Gasteiger partial charge in [-0.2, -0.15) is 0 Å². The Morgan fingerprint density at radius 1 is 1.07 bits per heavy atom. The van der Waals surface area contributed by atoms with Crippen molar-refractivity contribution in [2.24, 2.45) is 0 Å². The molecule has 0 saturated heterocycles. The number of benzene rings is 2. The zero-order valence-corrected chi connectivity index (χ0v) is 16.5. The van der Waals surface area contributed by atoms with E-state index in [9.17, 15) is 9.59 Å². The molecule has 0 aliphatic carbocycles. The van der Waals surface area contributed by atoms with Gasteiger partial charge in [-0.05, 0) is 32.0 Å². The van der Waals surface area contributed by atoms with Gasteiger partial charge < -0.3 is 9.88 Å². The van der Waals surface area contributed by atoms with Crippen molar-refractivity contribution in [1.82, 2.24) is 20.1 Å². The Bertz CT molecular complexity index is 972. The van der Waals surface area contributed by atoms with Gasteiger partial charge in [0, 0.05) is 17.8 Å². The second-order valence-electron chi connectivity index (χ2n) is 6.08. The number of rotatable bonds is 6. The molecule has 8 heteroatoms. The van der Waals surface area contributed by atoms with E-state index >= 15 is 0 Å². The molecule has 0 radical (unpaired) electrons. The minimum Gasteiger partial charge on any atom is -0.308 e. The number of amides is 3. The molecule has 0 aliphatic heterocycles. The Morgan fingerprint density at radius 2 is 1.86 bits per heavy atom. The fourth-order valence-electron chi connectivity index (χ4n) is 2.65. The topological polar surface area (TPSA) is 88.9 Å². The maximum atomic E-state index is 12.1. The molecular formula is C20H21N5O2S. The van der Waals surface area contributed by atoms with E-state index in [1.165, 1.54) is 11.8 Å². The van der Waals surface area contributed by atoms with Crippen LogP contribution in [0, 0.1) is 6.92 Å². The number of carbonyl (C=O) groups excluding carboxylic acids is 2. The summed E-state index contributed by atoms with van der Waals surface area (Å²) in [6.07, 6.45) is 0. The van der Waals surface area contributed by atoms with Crippen molar-refractivity contribution < 1.29 is 9.59 Å². The van der Waals surface area contributed by atoms with Gasteiger partial charge in [-0.15, -0.1) is 10.2 Å². The molecule has 2 aromatic carbocycles. The van der Waals surface area contributed by atoms with Crippen molar-refractivity contribution in [1.29, 1.82) is 0 Å². The number of imide groups is 1. The number of carbonyl (C=O) groups is 2. The molecule has 144 valence electrons. The molecular weight excluding hydrogens is 374 g/mol. The lowest BCUT2D eigenvalue weighted by atomic mass is 10.1. The SMILES string of the molecule is CCn1c(SCC(=O)NC(=O)Nc2ccccc2)nnc1-c1cccc(C)c1. The van der Waals surface area contributed by atoms with E-state index in [1.54, 1.807) is 24.3 Å². The fourth-order valence-corrected chi connectivity index (χ4v) is 3.46. The number of nitrogens with one attached hydrogen (secondary N) is 2. The van der Waals surface area contributed by atoms with Crippen molar-refractivity contribution >= 4 is 29.4 Å². The highest BCUT2D eigenvalue weighted by molar-refractivity contribution is 7.99. The van der Waals surface area contributed by atoms with Crippen LogP contribution in [0.3, 0.4) is 0 Å². The number of hydrogen-bond donors (Lipinski definition) is 2. The van der Waals surface area contributed by atoms with Crippen LogP contribution >= 0.6 is 11.8 Å². The second kappa shape index (κ2) is 9.18. The summed E-state index contributed by atoms with van der Waals surface area (Å²) in [7, 11) is 0. The molecule has 0 atom stereocenters. The molecule has 0 bridgehead atoms. The van der Waals surface area contributed by atoms with Crippen LogP contribution in [0.4, 0.5) is 10.5 Å². The van der Waals surface area contributed by atoms with Crippen molar-refractivity contribution in [3.63, 3.8) is 0 Å². The van der Waals surface area contributed by atoms with E-state index in [4.69, 9.17) is 0 Å². The first-order chi connectivity index (χ1) is 13.6. The molecule has 0 spiro atoms. The summed E-state index contributed by atoms with van der Waals surface area (Å²) in [5, 5.41) is 14.0. The van der Waals surface area contributed by atoms with Gasteiger partial charge in [-0.1, -0.05) is 53.7 Å². The van der Waals surface area contributed by atoms with Crippen LogP contribution < -0.4 is 10.6 Å². The van der Waals surface area contributed by atoms with Crippen LogP contribution in [0.25, 0.3) is 11.4 Å². The number of nitrogens with zero attached hydrogens (tertiary/aromatic N) is 3. The summed E-state index contributed by atoms with van der Waals surface area (Å²) in [4.78, 5) is 24.0. The molecule has 7 nitrogen and oxygen atoms in total. The van der Waals surface area contributed by atoms with Gasteiger partial charge >= 0.3 is 6.03 Å². The minimum atomic E-state index is -0.561. The van der Waals surface area contributed by atoms with E-state index in [-0.39, 0.29) is 5.75 Å². The normalized spacial score (nSPS) is 10.5. The van der Waals surface area contributed by atoms with E-state index in [0.717, 1.165) is 17.0 Å². The minimum absolute atomic E-state index is 0.0637. The van der Waals surface area contributed by atoms with Crippen LogP contribution in [0.15, 0.2) is 59.8 Å². The number of para-hydroxylation sites is 1. The maximum absolute atomic E-state index is 12.1. The smallest absolute Gasteiger partial charge is 0.308 e. The van der Waals surface area contributed by atoms with Crippen LogP contribution in [-0.4, -0.2) is 32.5 Å². The predicted molar refractivity (Wildman–Crippen MR) is 110 cm³/mol. The molecule has 1 aromatic heterocycles. The van der Waals surface area contributed by atoms with E-state index in [0.29, 0.717) is 17.4 Å². The number of hydrogen-bond acceptors (Lipinski definition) is 5. The van der Waals surface area contributed by atoms with Gasteiger partial charge in [0.05, 0.1) is 5.75 Å². The maximum Gasteiger partial charge on any atom is 0.325 e. The van der Waals surface area contributed by atoms with Crippen LogP contribution in [0.5, 0.6) is 0 Å². The Kier molecular flexibility index (Phi) is 6.44. The lowest BCUT2D eigenvalue weighted by Gasteiger charge is -2.08. The van der Waals surface area contributed by atoms with Crippen LogP contribution in [0.1, 0.15) is 12.5 Å². The third-order valence-corrected chi connectivity index (χ3v) is 4.89. The standard InChI is InChI=1S/C20H21N5O2S/c1-3-25-18(15-9-7-8-14(2)12-15)23-24-20(25)28-13-17(26)22-19(27)21-16-10-5-4-6-11-16/h4-12H,3,13H2,1-2H3,(H2,21,22,26,27). The first kappa shape index (κ1) is 19.6. The van der Waals surface area contributed by atoms with E-state index < -0.39 is 11.9 Å². The first-order valence-corrected chi connectivity index (χ1v) is 9.84. The average Bonchev–Trinajstić information content (AvgIpc) is 3.10. The summed E-state index contributed by atoms with van der Waals surface area (Å²) in [6, 6.07) is 16.4. The summed E-state index contributed by atoms with van der Waals surface area (Å²) in [5.41, 5.74) is 2.74. The molecule has 2 N–H and O–H groups in total. The predicted octanol–water partition coefficient (Wildman–Crippen LogP) is 3.71.